The van der Waals surface area contributed by atoms with Gasteiger partial charge in [0.2, 0.25) is 5.95 Å². The van der Waals surface area contributed by atoms with Gasteiger partial charge in [0, 0.05) is 6.04 Å². The molecule has 3 rings (SSSR count). The number of nitrogens with zero attached hydrogens (tertiary/aromatic N) is 2. The van der Waals surface area contributed by atoms with Gasteiger partial charge in [-0.05, 0) is 37.8 Å². The molecule has 2 N–H and O–H groups in total. The van der Waals surface area contributed by atoms with Crippen LogP contribution in [0.5, 0.6) is 0 Å². The first-order valence-electron chi connectivity index (χ1n) is 5.50. The molecule has 3 nitrogen and oxygen atoms in total. The van der Waals surface area contributed by atoms with E-state index in [2.05, 4.69) is 34.7 Å². The number of hydrogen-bond acceptors (Lipinski definition) is 2. The Balaban J connectivity index is 2.27. The summed E-state index contributed by atoms with van der Waals surface area (Å²) in [5.74, 6) is 0.670. The molecular weight excluding hydrogens is 186 g/mol. The Morgan fingerprint density at radius 2 is 2.20 bits per heavy atom. The molecule has 0 amide bonds. The fourth-order valence-electron chi connectivity index (χ4n) is 2.30. The summed E-state index contributed by atoms with van der Waals surface area (Å²) < 4.78 is 2.20. The van der Waals surface area contributed by atoms with Crippen LogP contribution in [0.2, 0.25) is 0 Å². The van der Waals surface area contributed by atoms with Crippen molar-refractivity contribution in [2.75, 3.05) is 5.73 Å². The molecule has 0 bridgehead atoms. The first-order chi connectivity index (χ1) is 7.27. The zero-order valence-corrected chi connectivity index (χ0v) is 8.90. The molecule has 0 spiro atoms. The molecule has 1 aliphatic carbocycles. The minimum Gasteiger partial charge on any atom is -0.369 e. The van der Waals surface area contributed by atoms with Crippen LogP contribution in [0.3, 0.4) is 0 Å². The third-order valence-corrected chi connectivity index (χ3v) is 3.39. The van der Waals surface area contributed by atoms with Gasteiger partial charge in [0.15, 0.2) is 0 Å². The van der Waals surface area contributed by atoms with Crippen LogP contribution in [-0.4, -0.2) is 9.55 Å². The first kappa shape index (κ1) is 8.77. The lowest BCUT2D eigenvalue weighted by molar-refractivity contribution is 0.324. The van der Waals surface area contributed by atoms with Gasteiger partial charge in [0.25, 0.3) is 0 Å². The minimum atomic E-state index is 0.580. The van der Waals surface area contributed by atoms with Crippen LogP contribution < -0.4 is 5.73 Å². The summed E-state index contributed by atoms with van der Waals surface area (Å²) in [5.41, 5.74) is 9.44. The van der Waals surface area contributed by atoms with Crippen molar-refractivity contribution in [3.8, 4) is 0 Å². The Kier molecular flexibility index (Phi) is 1.75. The van der Waals surface area contributed by atoms with E-state index in [1.54, 1.807) is 0 Å². The van der Waals surface area contributed by atoms with Crippen molar-refractivity contribution in [1.29, 1.82) is 0 Å². The summed E-state index contributed by atoms with van der Waals surface area (Å²) in [7, 11) is 0. The van der Waals surface area contributed by atoms with Gasteiger partial charge in [-0.25, -0.2) is 4.98 Å². The topological polar surface area (TPSA) is 43.8 Å². The van der Waals surface area contributed by atoms with Crippen LogP contribution in [0.1, 0.15) is 30.9 Å². The molecule has 0 radical (unpaired) electrons. The average Bonchev–Trinajstić information content (AvgIpc) is 2.44. The Bertz CT molecular complexity index is 509. The maximum atomic E-state index is 5.98. The third-order valence-electron chi connectivity index (χ3n) is 3.39. The lowest BCUT2D eigenvalue weighted by atomic mass is 9.93. The number of fused-ring (bicyclic) bond motifs is 1. The zero-order chi connectivity index (χ0) is 10.4. The second kappa shape index (κ2) is 2.99. The van der Waals surface area contributed by atoms with Crippen molar-refractivity contribution in [1.82, 2.24) is 9.55 Å². The van der Waals surface area contributed by atoms with Gasteiger partial charge in [-0.1, -0.05) is 12.1 Å². The van der Waals surface area contributed by atoms with E-state index in [0.29, 0.717) is 12.0 Å². The normalized spacial score (nSPS) is 16.9. The van der Waals surface area contributed by atoms with Crippen molar-refractivity contribution in [3.63, 3.8) is 0 Å². The molecule has 1 aromatic carbocycles. The number of para-hydroxylation sites is 1. The molecule has 0 aliphatic heterocycles. The van der Waals surface area contributed by atoms with Gasteiger partial charge in [-0.15, -0.1) is 0 Å². The highest BCUT2D eigenvalue weighted by molar-refractivity contribution is 5.81. The van der Waals surface area contributed by atoms with Crippen molar-refractivity contribution in [3.05, 3.63) is 23.8 Å². The molecule has 0 saturated heterocycles. The Labute approximate surface area is 88.9 Å². The molecule has 78 valence electrons. The number of benzene rings is 1. The molecular formula is C12H15N3. The number of rotatable bonds is 1. The predicted molar refractivity (Wildman–Crippen MR) is 61.8 cm³/mol. The van der Waals surface area contributed by atoms with Gasteiger partial charge < -0.3 is 10.3 Å². The molecule has 1 saturated carbocycles. The lowest BCUT2D eigenvalue weighted by Gasteiger charge is -2.28. The highest BCUT2D eigenvalue weighted by Crippen LogP contribution is 2.36. The summed E-state index contributed by atoms with van der Waals surface area (Å²) in [4.78, 5) is 4.46. The third kappa shape index (κ3) is 1.16. The lowest BCUT2D eigenvalue weighted by Crippen LogP contribution is -2.18. The number of nitrogens with two attached hydrogens (primary N) is 1. The van der Waals surface area contributed by atoms with E-state index < -0.39 is 0 Å². The fourth-order valence-corrected chi connectivity index (χ4v) is 2.30. The molecule has 0 unspecified atom stereocenters. The number of imidazole rings is 1. The predicted octanol–water partition coefficient (Wildman–Crippen LogP) is 2.65. The monoisotopic (exact) mass is 201 g/mol. The van der Waals surface area contributed by atoms with Crippen molar-refractivity contribution in [2.45, 2.75) is 32.2 Å². The summed E-state index contributed by atoms with van der Waals surface area (Å²) in [6.45, 7) is 2.08. The van der Waals surface area contributed by atoms with Crippen LogP contribution in [0.15, 0.2) is 18.2 Å². The molecule has 1 heterocycles. The Morgan fingerprint density at radius 1 is 1.40 bits per heavy atom. The minimum absolute atomic E-state index is 0.580. The van der Waals surface area contributed by atoms with Crippen molar-refractivity contribution < 1.29 is 0 Å². The number of aromatic nitrogens is 2. The van der Waals surface area contributed by atoms with E-state index in [4.69, 9.17) is 5.73 Å². The molecule has 2 aromatic rings. The quantitative estimate of drug-likeness (QED) is 0.770. The fraction of sp³-hybridized carbons (Fsp3) is 0.417. The maximum absolute atomic E-state index is 5.98. The smallest absolute Gasteiger partial charge is 0.201 e. The van der Waals surface area contributed by atoms with E-state index in [-0.39, 0.29) is 0 Å². The van der Waals surface area contributed by atoms with Crippen LogP contribution in [0.4, 0.5) is 5.95 Å². The van der Waals surface area contributed by atoms with Gasteiger partial charge in [-0.2, -0.15) is 0 Å². The Morgan fingerprint density at radius 3 is 2.87 bits per heavy atom. The maximum Gasteiger partial charge on any atom is 0.201 e. The molecule has 0 atom stereocenters. The average molecular weight is 201 g/mol. The molecule has 1 aliphatic rings. The zero-order valence-electron chi connectivity index (χ0n) is 8.90. The second-order valence-electron chi connectivity index (χ2n) is 4.37. The van der Waals surface area contributed by atoms with E-state index in [9.17, 15) is 0 Å². The van der Waals surface area contributed by atoms with Crippen LogP contribution in [0, 0.1) is 6.92 Å². The van der Waals surface area contributed by atoms with Crippen molar-refractivity contribution >= 4 is 17.0 Å². The number of nitrogen functional groups attached to an aromatic ring is 1. The van der Waals surface area contributed by atoms with Gasteiger partial charge in [0.1, 0.15) is 0 Å². The van der Waals surface area contributed by atoms with E-state index >= 15 is 0 Å². The van der Waals surface area contributed by atoms with E-state index in [1.165, 1.54) is 30.3 Å². The summed E-state index contributed by atoms with van der Waals surface area (Å²) in [6, 6.07) is 6.86. The molecule has 1 aromatic heterocycles. The van der Waals surface area contributed by atoms with Crippen LogP contribution in [-0.2, 0) is 0 Å². The van der Waals surface area contributed by atoms with E-state index in [1.807, 2.05) is 0 Å². The molecule has 3 heteroatoms. The second-order valence-corrected chi connectivity index (χ2v) is 4.37. The van der Waals surface area contributed by atoms with Gasteiger partial charge in [-0.3, -0.25) is 0 Å². The SMILES string of the molecule is Cc1cccc2c1nc(N)n2C1CCC1. The number of hydrogen-bond donors (Lipinski definition) is 1. The number of aryl methyl sites for hydroxylation is 1. The van der Waals surface area contributed by atoms with Gasteiger partial charge >= 0.3 is 0 Å². The van der Waals surface area contributed by atoms with Gasteiger partial charge in [0.05, 0.1) is 11.0 Å². The first-order valence-corrected chi connectivity index (χ1v) is 5.50. The molecule has 1 fully saturated rings. The van der Waals surface area contributed by atoms with Crippen molar-refractivity contribution in [2.24, 2.45) is 0 Å². The Hall–Kier alpha value is -1.51. The molecule has 15 heavy (non-hydrogen) atoms. The van der Waals surface area contributed by atoms with E-state index in [0.717, 1.165) is 5.52 Å². The largest absolute Gasteiger partial charge is 0.369 e. The van der Waals surface area contributed by atoms with Crippen LogP contribution in [0.25, 0.3) is 11.0 Å². The highest BCUT2D eigenvalue weighted by Gasteiger charge is 2.23. The standard InChI is InChI=1S/C12H15N3/c1-8-4-2-7-10-11(8)14-12(13)15(10)9-5-3-6-9/h2,4,7,9H,3,5-6H2,1H3,(H2,13,14). The van der Waals surface area contributed by atoms with Crippen LogP contribution >= 0.6 is 0 Å². The number of anilines is 1. The summed E-state index contributed by atoms with van der Waals surface area (Å²) in [5, 5.41) is 0. The summed E-state index contributed by atoms with van der Waals surface area (Å²) >= 11 is 0. The summed E-state index contributed by atoms with van der Waals surface area (Å²) in [6.07, 6.45) is 3.79. The highest BCUT2D eigenvalue weighted by atomic mass is 15.2.